The van der Waals surface area contributed by atoms with Gasteiger partial charge in [0.05, 0.1) is 27.0 Å². The van der Waals surface area contributed by atoms with Crippen LogP contribution in [0.1, 0.15) is 0 Å². The summed E-state index contributed by atoms with van der Waals surface area (Å²) in [5.74, 6) is 2.17. The van der Waals surface area contributed by atoms with Crippen LogP contribution in [0.25, 0.3) is 16.9 Å². The highest BCUT2D eigenvalue weighted by molar-refractivity contribution is 5.66. The summed E-state index contributed by atoms with van der Waals surface area (Å²) in [6.07, 6.45) is 3.89. The first kappa shape index (κ1) is 13.3. The Morgan fingerprint density at radius 1 is 0.905 bits per heavy atom. The molecule has 0 amide bonds. The monoisotopic (exact) mass is 284 g/mol. The average Bonchev–Trinajstić information content (AvgIpc) is 2.96. The molecule has 0 aliphatic heterocycles. The fourth-order valence-corrected chi connectivity index (χ4v) is 2.22. The fraction of sp³-hybridized carbons (Fsp3) is 0.188. The SMILES string of the molecule is COc1ccn2cc(-c3ccc(OC)c(OC)c3)nc2c1. The molecule has 0 spiro atoms. The number of ether oxygens (including phenoxy) is 3. The van der Waals surface area contributed by atoms with E-state index in [4.69, 9.17) is 14.2 Å². The van der Waals surface area contributed by atoms with Crippen LogP contribution in [0.4, 0.5) is 0 Å². The van der Waals surface area contributed by atoms with Crippen LogP contribution in [0, 0.1) is 0 Å². The first-order valence-corrected chi connectivity index (χ1v) is 6.50. The van der Waals surface area contributed by atoms with Gasteiger partial charge in [-0.15, -0.1) is 0 Å². The van der Waals surface area contributed by atoms with Crippen LogP contribution in [-0.4, -0.2) is 30.7 Å². The molecule has 0 fully saturated rings. The summed E-state index contributed by atoms with van der Waals surface area (Å²) in [6.45, 7) is 0. The molecular formula is C16H16N2O3. The minimum atomic E-state index is 0.685. The van der Waals surface area contributed by atoms with Gasteiger partial charge in [0.15, 0.2) is 11.5 Å². The van der Waals surface area contributed by atoms with Gasteiger partial charge in [-0.1, -0.05) is 0 Å². The Bertz CT molecular complexity index is 780. The van der Waals surface area contributed by atoms with Crippen LogP contribution in [0.15, 0.2) is 42.7 Å². The molecule has 0 saturated heterocycles. The lowest BCUT2D eigenvalue weighted by Gasteiger charge is -2.08. The van der Waals surface area contributed by atoms with Crippen LogP contribution in [0.2, 0.25) is 0 Å². The third-order valence-corrected chi connectivity index (χ3v) is 3.35. The summed E-state index contributed by atoms with van der Waals surface area (Å²) in [5.41, 5.74) is 2.67. The summed E-state index contributed by atoms with van der Waals surface area (Å²) >= 11 is 0. The maximum atomic E-state index is 5.33. The van der Waals surface area contributed by atoms with Gasteiger partial charge in [-0.25, -0.2) is 4.98 Å². The molecule has 108 valence electrons. The van der Waals surface area contributed by atoms with Crippen LogP contribution in [-0.2, 0) is 0 Å². The Kier molecular flexibility index (Phi) is 3.39. The third-order valence-electron chi connectivity index (χ3n) is 3.35. The van der Waals surface area contributed by atoms with E-state index < -0.39 is 0 Å². The zero-order chi connectivity index (χ0) is 14.8. The Morgan fingerprint density at radius 2 is 1.71 bits per heavy atom. The Labute approximate surface area is 122 Å². The highest BCUT2D eigenvalue weighted by atomic mass is 16.5. The van der Waals surface area contributed by atoms with Crippen molar-refractivity contribution in [3.8, 4) is 28.5 Å². The van der Waals surface area contributed by atoms with E-state index in [1.165, 1.54) is 0 Å². The van der Waals surface area contributed by atoms with E-state index in [0.717, 1.165) is 22.7 Å². The van der Waals surface area contributed by atoms with Crippen molar-refractivity contribution < 1.29 is 14.2 Å². The minimum Gasteiger partial charge on any atom is -0.497 e. The number of fused-ring (bicyclic) bond motifs is 1. The molecule has 0 saturated carbocycles. The van der Waals surface area contributed by atoms with Crippen molar-refractivity contribution in [1.82, 2.24) is 9.38 Å². The molecule has 3 aromatic rings. The molecule has 2 aromatic heterocycles. The van der Waals surface area contributed by atoms with Gasteiger partial charge in [-0.2, -0.15) is 0 Å². The number of methoxy groups -OCH3 is 3. The summed E-state index contributed by atoms with van der Waals surface area (Å²) in [5, 5.41) is 0. The smallest absolute Gasteiger partial charge is 0.161 e. The molecule has 0 aliphatic rings. The number of hydrogen-bond acceptors (Lipinski definition) is 4. The van der Waals surface area contributed by atoms with Gasteiger partial charge in [0.25, 0.3) is 0 Å². The van der Waals surface area contributed by atoms with Crippen molar-refractivity contribution in [2.75, 3.05) is 21.3 Å². The van der Waals surface area contributed by atoms with E-state index in [-0.39, 0.29) is 0 Å². The van der Waals surface area contributed by atoms with E-state index >= 15 is 0 Å². The second kappa shape index (κ2) is 5.36. The van der Waals surface area contributed by atoms with Crippen molar-refractivity contribution in [2.24, 2.45) is 0 Å². The largest absolute Gasteiger partial charge is 0.497 e. The Hall–Kier alpha value is -2.69. The van der Waals surface area contributed by atoms with Crippen molar-refractivity contribution in [1.29, 1.82) is 0 Å². The minimum absolute atomic E-state index is 0.685. The predicted octanol–water partition coefficient (Wildman–Crippen LogP) is 3.03. The Morgan fingerprint density at radius 3 is 2.43 bits per heavy atom. The fourth-order valence-electron chi connectivity index (χ4n) is 2.22. The average molecular weight is 284 g/mol. The molecule has 1 aromatic carbocycles. The van der Waals surface area contributed by atoms with E-state index in [2.05, 4.69) is 4.98 Å². The number of nitrogens with zero attached hydrogens (tertiary/aromatic N) is 2. The second-order valence-electron chi connectivity index (χ2n) is 4.53. The van der Waals surface area contributed by atoms with Gasteiger partial charge in [-0.05, 0) is 24.3 Å². The summed E-state index contributed by atoms with van der Waals surface area (Å²) in [4.78, 5) is 4.61. The number of hydrogen-bond donors (Lipinski definition) is 0. The van der Waals surface area contributed by atoms with Crippen molar-refractivity contribution >= 4 is 5.65 Å². The highest BCUT2D eigenvalue weighted by Gasteiger charge is 2.09. The summed E-state index contributed by atoms with van der Waals surface area (Å²) < 4.78 is 17.7. The number of imidazole rings is 1. The van der Waals surface area contributed by atoms with Gasteiger partial charge in [0.2, 0.25) is 0 Å². The zero-order valence-corrected chi connectivity index (χ0v) is 12.2. The number of pyridine rings is 1. The summed E-state index contributed by atoms with van der Waals surface area (Å²) in [6, 6.07) is 9.54. The molecule has 0 N–H and O–H groups in total. The van der Waals surface area contributed by atoms with Crippen LogP contribution >= 0.6 is 0 Å². The number of aromatic nitrogens is 2. The van der Waals surface area contributed by atoms with E-state index in [0.29, 0.717) is 11.5 Å². The lowest BCUT2D eigenvalue weighted by molar-refractivity contribution is 0.355. The van der Waals surface area contributed by atoms with Crippen LogP contribution < -0.4 is 14.2 Å². The maximum absolute atomic E-state index is 5.33. The molecule has 0 aliphatic carbocycles. The lowest BCUT2D eigenvalue weighted by Crippen LogP contribution is -1.90. The van der Waals surface area contributed by atoms with E-state index in [1.54, 1.807) is 21.3 Å². The molecule has 21 heavy (non-hydrogen) atoms. The molecule has 3 rings (SSSR count). The first-order chi connectivity index (χ1) is 10.2. The highest BCUT2D eigenvalue weighted by Crippen LogP contribution is 2.32. The van der Waals surface area contributed by atoms with Gasteiger partial charge in [0.1, 0.15) is 11.4 Å². The second-order valence-corrected chi connectivity index (χ2v) is 4.53. The standard InChI is InChI=1S/C16H16N2O3/c1-19-12-6-7-18-10-13(17-16(18)9-12)11-4-5-14(20-2)15(8-11)21-3/h4-10H,1-3H3. The third kappa shape index (κ3) is 2.38. The van der Waals surface area contributed by atoms with Crippen molar-refractivity contribution in [3.05, 3.63) is 42.7 Å². The molecule has 2 heterocycles. The quantitative estimate of drug-likeness (QED) is 0.738. The van der Waals surface area contributed by atoms with Gasteiger partial charge >= 0.3 is 0 Å². The van der Waals surface area contributed by atoms with Gasteiger partial charge in [0, 0.05) is 24.0 Å². The summed E-state index contributed by atoms with van der Waals surface area (Å²) in [7, 11) is 4.88. The van der Waals surface area contributed by atoms with Gasteiger partial charge in [-0.3, -0.25) is 0 Å². The molecule has 0 unspecified atom stereocenters. The van der Waals surface area contributed by atoms with Crippen molar-refractivity contribution in [2.45, 2.75) is 0 Å². The first-order valence-electron chi connectivity index (χ1n) is 6.50. The predicted molar refractivity (Wildman–Crippen MR) is 80.3 cm³/mol. The molecule has 0 atom stereocenters. The Balaban J connectivity index is 2.07. The van der Waals surface area contributed by atoms with Crippen molar-refractivity contribution in [3.63, 3.8) is 0 Å². The number of rotatable bonds is 4. The molecule has 5 heteroatoms. The zero-order valence-electron chi connectivity index (χ0n) is 12.2. The molecule has 5 nitrogen and oxygen atoms in total. The number of benzene rings is 1. The topological polar surface area (TPSA) is 45.0 Å². The van der Waals surface area contributed by atoms with E-state index in [9.17, 15) is 0 Å². The molecule has 0 bridgehead atoms. The normalized spacial score (nSPS) is 10.6. The van der Waals surface area contributed by atoms with Crippen LogP contribution in [0.3, 0.4) is 0 Å². The molecule has 0 radical (unpaired) electrons. The van der Waals surface area contributed by atoms with Crippen LogP contribution in [0.5, 0.6) is 17.2 Å². The lowest BCUT2D eigenvalue weighted by atomic mass is 10.1. The van der Waals surface area contributed by atoms with E-state index in [1.807, 2.05) is 47.1 Å². The maximum Gasteiger partial charge on any atom is 0.161 e. The molecular weight excluding hydrogens is 268 g/mol. The van der Waals surface area contributed by atoms with Gasteiger partial charge < -0.3 is 18.6 Å².